The molecule has 2 aliphatic rings. The SMILES string of the molecule is COc1ncc([C@]2(O)CC[C@H]3CN(Cc4cccc(F)c4)C[C@H]32)c(OC)n1. The first kappa shape index (κ1) is 18.1. The molecule has 0 unspecified atom stereocenters. The number of nitrogens with zero attached hydrogens (tertiary/aromatic N) is 3. The largest absolute Gasteiger partial charge is 0.481 e. The molecule has 0 radical (unpaired) electrons. The molecule has 2 fully saturated rings. The van der Waals surface area contributed by atoms with Crippen molar-refractivity contribution in [3.63, 3.8) is 0 Å². The van der Waals surface area contributed by atoms with Crippen LogP contribution in [0.15, 0.2) is 30.5 Å². The zero-order valence-electron chi connectivity index (χ0n) is 15.6. The third kappa shape index (κ3) is 3.26. The highest BCUT2D eigenvalue weighted by atomic mass is 19.1. The highest BCUT2D eigenvalue weighted by Gasteiger charge is 2.53. The maximum Gasteiger partial charge on any atom is 0.319 e. The molecule has 1 N–H and O–H groups in total. The van der Waals surface area contributed by atoms with E-state index in [0.717, 1.165) is 25.1 Å². The minimum Gasteiger partial charge on any atom is -0.481 e. The van der Waals surface area contributed by atoms with E-state index in [9.17, 15) is 9.50 Å². The summed E-state index contributed by atoms with van der Waals surface area (Å²) in [5.41, 5.74) is 0.536. The van der Waals surface area contributed by atoms with Gasteiger partial charge in [-0.1, -0.05) is 12.1 Å². The Morgan fingerprint density at radius 2 is 2.15 bits per heavy atom. The molecule has 1 saturated heterocycles. The fourth-order valence-electron chi connectivity index (χ4n) is 4.64. The molecule has 27 heavy (non-hydrogen) atoms. The number of hydrogen-bond donors (Lipinski definition) is 1. The Bertz CT molecular complexity index is 834. The van der Waals surface area contributed by atoms with Crippen LogP contribution in [0.5, 0.6) is 11.9 Å². The van der Waals surface area contributed by atoms with Crippen molar-refractivity contribution < 1.29 is 19.0 Å². The van der Waals surface area contributed by atoms with Crippen LogP contribution >= 0.6 is 0 Å². The van der Waals surface area contributed by atoms with Gasteiger partial charge in [-0.25, -0.2) is 9.37 Å². The summed E-state index contributed by atoms with van der Waals surface area (Å²) in [6.07, 6.45) is 3.19. The summed E-state index contributed by atoms with van der Waals surface area (Å²) in [5.74, 6) is 0.587. The van der Waals surface area contributed by atoms with Crippen molar-refractivity contribution in [2.75, 3.05) is 27.3 Å². The average molecular weight is 373 g/mol. The number of hydrogen-bond acceptors (Lipinski definition) is 6. The molecule has 1 aromatic heterocycles. The van der Waals surface area contributed by atoms with Crippen LogP contribution in [-0.2, 0) is 12.1 Å². The molecule has 7 heteroatoms. The monoisotopic (exact) mass is 373 g/mol. The first-order valence-corrected chi connectivity index (χ1v) is 9.18. The van der Waals surface area contributed by atoms with Gasteiger partial charge in [0.15, 0.2) is 0 Å². The molecule has 0 spiro atoms. The molecule has 0 amide bonds. The van der Waals surface area contributed by atoms with Crippen molar-refractivity contribution in [1.82, 2.24) is 14.9 Å². The number of likely N-dealkylation sites (tertiary alicyclic amines) is 1. The van der Waals surface area contributed by atoms with E-state index < -0.39 is 5.60 Å². The van der Waals surface area contributed by atoms with Gasteiger partial charge in [0, 0.05) is 31.7 Å². The number of aliphatic hydroxyl groups is 1. The smallest absolute Gasteiger partial charge is 0.319 e. The fraction of sp³-hybridized carbons (Fsp3) is 0.500. The van der Waals surface area contributed by atoms with Gasteiger partial charge in [-0.05, 0) is 36.5 Å². The number of fused-ring (bicyclic) bond motifs is 1. The second-order valence-corrected chi connectivity index (χ2v) is 7.43. The molecule has 144 valence electrons. The molecule has 1 aliphatic heterocycles. The Balaban J connectivity index is 1.56. The molecule has 4 rings (SSSR count). The third-order valence-electron chi connectivity index (χ3n) is 5.90. The number of halogens is 1. The number of aromatic nitrogens is 2. The predicted octanol–water partition coefficient (Wildman–Crippen LogP) is 2.36. The molecular weight excluding hydrogens is 349 g/mol. The lowest BCUT2D eigenvalue weighted by molar-refractivity contribution is -0.00972. The molecule has 1 aromatic carbocycles. The Hall–Kier alpha value is -2.25. The van der Waals surface area contributed by atoms with Gasteiger partial charge < -0.3 is 14.6 Å². The van der Waals surface area contributed by atoms with E-state index in [1.165, 1.54) is 20.3 Å². The van der Waals surface area contributed by atoms with Gasteiger partial charge in [-0.15, -0.1) is 0 Å². The van der Waals surface area contributed by atoms with Gasteiger partial charge in [0.05, 0.1) is 19.8 Å². The van der Waals surface area contributed by atoms with E-state index in [1.54, 1.807) is 18.3 Å². The van der Waals surface area contributed by atoms with Crippen LogP contribution in [-0.4, -0.2) is 47.3 Å². The highest BCUT2D eigenvalue weighted by molar-refractivity contribution is 5.34. The van der Waals surface area contributed by atoms with Crippen molar-refractivity contribution >= 4 is 0 Å². The van der Waals surface area contributed by atoms with E-state index in [0.29, 0.717) is 30.3 Å². The minimum absolute atomic E-state index is 0.0666. The van der Waals surface area contributed by atoms with Crippen molar-refractivity contribution in [3.05, 3.63) is 47.4 Å². The van der Waals surface area contributed by atoms with Crippen molar-refractivity contribution in [2.24, 2.45) is 11.8 Å². The van der Waals surface area contributed by atoms with Crippen LogP contribution < -0.4 is 9.47 Å². The minimum atomic E-state index is -1.03. The second kappa shape index (κ2) is 7.05. The molecule has 1 aliphatic carbocycles. The molecule has 2 heterocycles. The van der Waals surface area contributed by atoms with Crippen LogP contribution in [0.1, 0.15) is 24.0 Å². The van der Waals surface area contributed by atoms with Crippen LogP contribution in [0.2, 0.25) is 0 Å². The zero-order chi connectivity index (χ0) is 19.0. The summed E-state index contributed by atoms with van der Waals surface area (Å²) < 4.78 is 23.9. The topological polar surface area (TPSA) is 67.7 Å². The van der Waals surface area contributed by atoms with E-state index >= 15 is 0 Å². The predicted molar refractivity (Wildman–Crippen MR) is 96.9 cm³/mol. The Morgan fingerprint density at radius 1 is 1.30 bits per heavy atom. The molecular formula is C20H24FN3O3. The second-order valence-electron chi connectivity index (χ2n) is 7.43. The van der Waals surface area contributed by atoms with E-state index in [2.05, 4.69) is 14.9 Å². The number of methoxy groups -OCH3 is 2. The number of ether oxygens (including phenoxy) is 2. The lowest BCUT2D eigenvalue weighted by Crippen LogP contribution is -2.35. The maximum absolute atomic E-state index is 13.5. The van der Waals surface area contributed by atoms with Gasteiger partial charge in [0.1, 0.15) is 11.4 Å². The maximum atomic E-state index is 13.5. The Kier molecular flexibility index (Phi) is 4.74. The number of benzene rings is 1. The third-order valence-corrected chi connectivity index (χ3v) is 5.90. The zero-order valence-corrected chi connectivity index (χ0v) is 15.6. The van der Waals surface area contributed by atoms with Gasteiger partial charge in [-0.2, -0.15) is 4.98 Å². The van der Waals surface area contributed by atoms with Gasteiger partial charge in [0.2, 0.25) is 5.88 Å². The highest BCUT2D eigenvalue weighted by Crippen LogP contribution is 2.52. The van der Waals surface area contributed by atoms with Crippen LogP contribution in [0, 0.1) is 17.7 Å². The van der Waals surface area contributed by atoms with E-state index in [1.807, 2.05) is 6.07 Å². The molecule has 2 aromatic rings. The summed E-state index contributed by atoms with van der Waals surface area (Å²) in [6, 6.07) is 6.91. The van der Waals surface area contributed by atoms with Gasteiger partial charge in [-0.3, -0.25) is 4.90 Å². The molecule has 3 atom stereocenters. The summed E-state index contributed by atoms with van der Waals surface area (Å²) in [7, 11) is 3.03. The van der Waals surface area contributed by atoms with E-state index in [4.69, 9.17) is 9.47 Å². The average Bonchev–Trinajstić information content (AvgIpc) is 3.21. The lowest BCUT2D eigenvalue weighted by atomic mass is 9.83. The Morgan fingerprint density at radius 3 is 2.89 bits per heavy atom. The van der Waals surface area contributed by atoms with Crippen LogP contribution in [0.4, 0.5) is 4.39 Å². The quantitative estimate of drug-likeness (QED) is 0.868. The van der Waals surface area contributed by atoms with Crippen molar-refractivity contribution in [1.29, 1.82) is 0 Å². The van der Waals surface area contributed by atoms with Gasteiger partial charge in [0.25, 0.3) is 0 Å². The summed E-state index contributed by atoms with van der Waals surface area (Å²) in [5, 5.41) is 11.5. The van der Waals surface area contributed by atoms with E-state index in [-0.39, 0.29) is 17.7 Å². The summed E-state index contributed by atoms with van der Waals surface area (Å²) >= 11 is 0. The number of rotatable bonds is 5. The van der Waals surface area contributed by atoms with Crippen molar-refractivity contribution in [2.45, 2.75) is 25.0 Å². The molecule has 0 bridgehead atoms. The van der Waals surface area contributed by atoms with Gasteiger partial charge >= 0.3 is 6.01 Å². The lowest BCUT2D eigenvalue weighted by Gasteiger charge is -2.31. The fourth-order valence-corrected chi connectivity index (χ4v) is 4.64. The summed E-state index contributed by atoms with van der Waals surface area (Å²) in [6.45, 7) is 2.31. The van der Waals surface area contributed by atoms with Crippen LogP contribution in [0.3, 0.4) is 0 Å². The van der Waals surface area contributed by atoms with Crippen molar-refractivity contribution in [3.8, 4) is 11.9 Å². The molecule has 6 nitrogen and oxygen atoms in total. The summed E-state index contributed by atoms with van der Waals surface area (Å²) in [4.78, 5) is 10.7. The standard InChI is InChI=1S/C20H24FN3O3/c1-26-18-16(9-22-19(23-18)27-2)20(25)7-6-14-11-24(12-17(14)20)10-13-4-3-5-15(21)8-13/h3-5,8-9,14,17,25H,6-7,10-12H2,1-2H3/t14-,17+,20+/m0/s1. The normalized spacial score (nSPS) is 27.6. The first-order chi connectivity index (χ1) is 13.0. The Labute approximate surface area is 158 Å². The van der Waals surface area contributed by atoms with Crippen LogP contribution in [0.25, 0.3) is 0 Å². The first-order valence-electron chi connectivity index (χ1n) is 9.18. The molecule has 1 saturated carbocycles.